The van der Waals surface area contributed by atoms with Gasteiger partial charge in [-0.05, 0) is 23.8 Å². The Morgan fingerprint density at radius 2 is 2.00 bits per heavy atom. The van der Waals surface area contributed by atoms with Crippen LogP contribution in [0.3, 0.4) is 0 Å². The number of nitrogens with one attached hydrogen (secondary N) is 1. The number of furan rings is 1. The van der Waals surface area contributed by atoms with Crippen LogP contribution in [0.4, 0.5) is 0 Å². The molecule has 112 valence electrons. The Morgan fingerprint density at radius 3 is 2.74 bits per heavy atom. The molecule has 1 aromatic carbocycles. The first-order valence-corrected chi connectivity index (χ1v) is 7.81. The van der Waals surface area contributed by atoms with Crippen molar-refractivity contribution in [1.29, 1.82) is 5.41 Å². The lowest BCUT2D eigenvalue weighted by molar-refractivity contribution is -0.114. The second-order valence-electron chi connectivity index (χ2n) is 4.94. The van der Waals surface area contributed by atoms with Crippen molar-refractivity contribution < 1.29 is 9.21 Å². The first kappa shape index (κ1) is 13.8. The summed E-state index contributed by atoms with van der Waals surface area (Å²) in [5.41, 5.74) is 2.03. The first-order valence-electron chi connectivity index (χ1n) is 6.93. The Hall–Kier alpha value is -2.86. The molecule has 5 nitrogen and oxygen atoms in total. The number of nitrogens with zero attached hydrogens (tertiary/aromatic N) is 2. The lowest BCUT2D eigenvalue weighted by Gasteiger charge is -2.26. The number of benzene rings is 1. The van der Waals surface area contributed by atoms with Crippen molar-refractivity contribution in [3.05, 3.63) is 71.0 Å². The van der Waals surface area contributed by atoms with E-state index >= 15 is 0 Å². The topological polar surface area (TPSA) is 69.7 Å². The van der Waals surface area contributed by atoms with E-state index in [4.69, 9.17) is 9.83 Å². The Kier molecular flexibility index (Phi) is 3.24. The SMILES string of the molecule is N=C1/C(=C/c2ccco2)C(=O)N=C2SC=C(c3ccccc3)N12. The number of amidine groups is 2. The molecule has 6 heteroatoms. The first-order chi connectivity index (χ1) is 11.2. The molecule has 2 aliphatic heterocycles. The van der Waals surface area contributed by atoms with Gasteiger partial charge in [0.25, 0.3) is 5.91 Å². The highest BCUT2D eigenvalue weighted by Gasteiger charge is 2.36. The van der Waals surface area contributed by atoms with Crippen molar-refractivity contribution in [2.24, 2.45) is 4.99 Å². The van der Waals surface area contributed by atoms with Gasteiger partial charge in [-0.25, -0.2) is 0 Å². The number of fused-ring (bicyclic) bond motifs is 1. The van der Waals surface area contributed by atoms with Crippen LogP contribution in [0.15, 0.2) is 69.1 Å². The smallest absolute Gasteiger partial charge is 0.283 e. The second kappa shape index (κ2) is 5.40. The molecule has 0 saturated heterocycles. The molecule has 23 heavy (non-hydrogen) atoms. The van der Waals surface area contributed by atoms with Gasteiger partial charge in [0.1, 0.15) is 11.6 Å². The van der Waals surface area contributed by atoms with Crippen LogP contribution in [0.25, 0.3) is 11.8 Å². The van der Waals surface area contributed by atoms with Crippen LogP contribution in [-0.4, -0.2) is 21.8 Å². The fourth-order valence-electron chi connectivity index (χ4n) is 2.43. The molecule has 2 aromatic rings. The number of rotatable bonds is 2. The molecule has 0 fully saturated rings. The minimum absolute atomic E-state index is 0.108. The molecular formula is C17H11N3O2S. The number of carbonyl (C=O) groups excluding carboxylic acids is 1. The van der Waals surface area contributed by atoms with Gasteiger partial charge < -0.3 is 4.42 Å². The van der Waals surface area contributed by atoms with Gasteiger partial charge in [0, 0.05) is 5.41 Å². The predicted octanol–water partition coefficient (Wildman–Crippen LogP) is 3.58. The maximum absolute atomic E-state index is 12.2. The van der Waals surface area contributed by atoms with E-state index < -0.39 is 5.91 Å². The number of carbonyl (C=O) groups is 1. The van der Waals surface area contributed by atoms with Crippen LogP contribution in [0.2, 0.25) is 0 Å². The summed E-state index contributed by atoms with van der Waals surface area (Å²) in [5.74, 6) is 0.207. The van der Waals surface area contributed by atoms with Crippen LogP contribution in [0.5, 0.6) is 0 Å². The van der Waals surface area contributed by atoms with E-state index in [9.17, 15) is 4.79 Å². The predicted molar refractivity (Wildman–Crippen MR) is 90.7 cm³/mol. The van der Waals surface area contributed by atoms with E-state index in [1.165, 1.54) is 18.0 Å². The van der Waals surface area contributed by atoms with Gasteiger partial charge >= 0.3 is 0 Å². The number of hydrogen-bond donors (Lipinski definition) is 1. The van der Waals surface area contributed by atoms with Gasteiger partial charge in [0.2, 0.25) is 0 Å². The molecule has 0 bridgehead atoms. The molecule has 1 aromatic heterocycles. The summed E-state index contributed by atoms with van der Waals surface area (Å²) in [6.07, 6.45) is 3.08. The van der Waals surface area contributed by atoms with Crippen molar-refractivity contribution in [3.63, 3.8) is 0 Å². The summed E-state index contributed by atoms with van der Waals surface area (Å²) in [6.45, 7) is 0. The maximum atomic E-state index is 12.2. The van der Waals surface area contributed by atoms with Gasteiger partial charge in [0.05, 0.1) is 17.5 Å². The van der Waals surface area contributed by atoms with E-state index in [-0.39, 0.29) is 11.4 Å². The molecule has 1 N–H and O–H groups in total. The Bertz CT molecular complexity index is 880. The summed E-state index contributed by atoms with van der Waals surface area (Å²) < 4.78 is 5.24. The maximum Gasteiger partial charge on any atom is 0.283 e. The summed E-state index contributed by atoms with van der Waals surface area (Å²) in [5, 5.41) is 10.9. The van der Waals surface area contributed by atoms with Crippen LogP contribution in [-0.2, 0) is 4.79 Å². The highest BCUT2D eigenvalue weighted by Crippen LogP contribution is 2.37. The molecule has 0 atom stereocenters. The van der Waals surface area contributed by atoms with Gasteiger partial charge in [-0.15, -0.1) is 0 Å². The molecule has 0 unspecified atom stereocenters. The lowest BCUT2D eigenvalue weighted by atomic mass is 10.1. The van der Waals surface area contributed by atoms with Gasteiger partial charge in [-0.3, -0.25) is 15.1 Å². The summed E-state index contributed by atoms with van der Waals surface area (Å²) in [4.78, 5) is 18.0. The molecule has 1 amide bonds. The average molecular weight is 321 g/mol. The highest BCUT2D eigenvalue weighted by molar-refractivity contribution is 8.17. The highest BCUT2D eigenvalue weighted by atomic mass is 32.2. The molecule has 0 radical (unpaired) electrons. The van der Waals surface area contributed by atoms with Crippen molar-refractivity contribution in [2.75, 3.05) is 0 Å². The number of aliphatic imine (C=N–C) groups is 1. The third kappa shape index (κ3) is 2.33. The zero-order valence-corrected chi connectivity index (χ0v) is 12.7. The van der Waals surface area contributed by atoms with Crippen molar-refractivity contribution >= 4 is 40.4 Å². The van der Waals surface area contributed by atoms with E-state index in [0.717, 1.165) is 11.3 Å². The molecule has 2 aliphatic rings. The second-order valence-corrected chi connectivity index (χ2v) is 5.78. The number of hydrogen-bond acceptors (Lipinski definition) is 4. The molecule has 4 rings (SSSR count). The van der Waals surface area contributed by atoms with Crippen molar-refractivity contribution in [1.82, 2.24) is 4.90 Å². The van der Waals surface area contributed by atoms with Gasteiger partial charge in [-0.1, -0.05) is 42.1 Å². The molecule has 0 aliphatic carbocycles. The molecular weight excluding hydrogens is 310 g/mol. The van der Waals surface area contributed by atoms with E-state index in [1.54, 1.807) is 23.1 Å². The molecule has 3 heterocycles. The normalized spacial score (nSPS) is 19.0. The van der Waals surface area contributed by atoms with E-state index in [2.05, 4.69) is 4.99 Å². The zero-order chi connectivity index (χ0) is 15.8. The minimum Gasteiger partial charge on any atom is -0.465 e. The van der Waals surface area contributed by atoms with Gasteiger partial charge in [-0.2, -0.15) is 4.99 Å². The van der Waals surface area contributed by atoms with Crippen LogP contribution in [0.1, 0.15) is 11.3 Å². The third-order valence-electron chi connectivity index (χ3n) is 3.51. The Morgan fingerprint density at radius 1 is 1.17 bits per heavy atom. The summed E-state index contributed by atoms with van der Waals surface area (Å²) in [7, 11) is 0. The Balaban J connectivity index is 1.76. The molecule has 0 saturated carbocycles. The van der Waals surface area contributed by atoms with Gasteiger partial charge in [0.15, 0.2) is 5.17 Å². The van der Waals surface area contributed by atoms with Crippen molar-refractivity contribution in [2.45, 2.75) is 0 Å². The summed E-state index contributed by atoms with van der Waals surface area (Å²) in [6, 6.07) is 13.2. The van der Waals surface area contributed by atoms with Crippen LogP contribution in [0, 0.1) is 5.41 Å². The quantitative estimate of drug-likeness (QED) is 0.858. The molecule has 0 spiro atoms. The van der Waals surface area contributed by atoms with Crippen LogP contribution >= 0.6 is 11.8 Å². The van der Waals surface area contributed by atoms with Crippen molar-refractivity contribution in [3.8, 4) is 0 Å². The minimum atomic E-state index is -0.423. The Labute approximate surface area is 136 Å². The fourth-order valence-corrected chi connectivity index (χ4v) is 3.32. The lowest BCUT2D eigenvalue weighted by Crippen LogP contribution is -2.37. The van der Waals surface area contributed by atoms with Crippen LogP contribution < -0.4 is 0 Å². The monoisotopic (exact) mass is 321 g/mol. The van der Waals surface area contributed by atoms with E-state index in [1.807, 2.05) is 35.7 Å². The third-order valence-corrected chi connectivity index (χ3v) is 4.34. The largest absolute Gasteiger partial charge is 0.465 e. The number of amides is 1. The summed E-state index contributed by atoms with van der Waals surface area (Å²) >= 11 is 1.35. The standard InChI is InChI=1S/C17H11N3O2S/c18-15-13(9-12-7-4-8-22-12)16(21)19-17-20(15)14(10-23-17)11-5-2-1-3-6-11/h1-10,18H/b13-9-,18-15?. The zero-order valence-electron chi connectivity index (χ0n) is 11.9. The van der Waals surface area contributed by atoms with E-state index in [0.29, 0.717) is 10.9 Å². The average Bonchev–Trinajstić information content (AvgIpc) is 3.21. The fraction of sp³-hybridized carbons (Fsp3) is 0. The number of thioether (sulfide) groups is 1.